The lowest BCUT2D eigenvalue weighted by Gasteiger charge is -2.34. The van der Waals surface area contributed by atoms with Crippen LogP contribution in [0, 0.1) is 5.82 Å². The summed E-state index contributed by atoms with van der Waals surface area (Å²) in [4.78, 5) is 29.1. The first-order valence-corrected chi connectivity index (χ1v) is 16.3. The average Bonchev–Trinajstić information content (AvgIpc) is 3.12. The summed E-state index contributed by atoms with van der Waals surface area (Å²) < 4.78 is 65.4. The number of nitrogens with zero attached hydrogens (tertiary/aromatic N) is 2. The van der Waals surface area contributed by atoms with Crippen molar-refractivity contribution in [3.05, 3.63) is 108 Å². The summed E-state index contributed by atoms with van der Waals surface area (Å²) >= 11 is 0. The number of sulfonamides is 1. The summed E-state index contributed by atoms with van der Waals surface area (Å²) in [5.41, 5.74) is 1.31. The first kappa shape index (κ1) is 35.6. The lowest BCUT2D eigenvalue weighted by Crippen LogP contribution is -2.53. The summed E-state index contributed by atoms with van der Waals surface area (Å²) in [5, 5.41) is 2.63. The van der Waals surface area contributed by atoms with Crippen molar-refractivity contribution in [3.63, 3.8) is 0 Å². The molecule has 11 nitrogen and oxygen atoms in total. The Balaban J connectivity index is 1.88. The number of carbonyl (C=O) groups excluding carboxylic acids is 2. The fourth-order valence-electron chi connectivity index (χ4n) is 5.12. The van der Waals surface area contributed by atoms with Crippen LogP contribution in [-0.2, 0) is 32.6 Å². The number of benzene rings is 4. The Hall–Kier alpha value is -5.30. The van der Waals surface area contributed by atoms with Crippen molar-refractivity contribution in [1.82, 2.24) is 10.2 Å². The van der Waals surface area contributed by atoms with Crippen molar-refractivity contribution < 1.29 is 41.3 Å². The van der Waals surface area contributed by atoms with Gasteiger partial charge in [-0.05, 0) is 47.5 Å². The molecule has 0 aromatic heterocycles. The summed E-state index contributed by atoms with van der Waals surface area (Å²) in [6.45, 7) is -0.868. The lowest BCUT2D eigenvalue weighted by molar-refractivity contribution is -0.139. The van der Waals surface area contributed by atoms with Crippen molar-refractivity contribution in [3.8, 4) is 23.0 Å². The number of amides is 2. The smallest absolute Gasteiger partial charge is 0.265 e. The van der Waals surface area contributed by atoms with Crippen LogP contribution in [0.1, 0.15) is 11.1 Å². The SMILES string of the molecule is CNC(=O)C(Cc1ccccc1)N(Cc1ccc(F)cc1)C(=O)CN(c1cc(OC)ccc1OC)S(=O)(=O)c1ccc(OC)c(OC)c1. The second-order valence-electron chi connectivity index (χ2n) is 10.5. The highest BCUT2D eigenvalue weighted by Crippen LogP contribution is 2.38. The number of halogens is 1. The van der Waals surface area contributed by atoms with Gasteiger partial charge in [-0.2, -0.15) is 0 Å². The second kappa shape index (κ2) is 16.0. The van der Waals surface area contributed by atoms with Gasteiger partial charge in [0.2, 0.25) is 11.8 Å². The van der Waals surface area contributed by atoms with Crippen LogP contribution in [0.3, 0.4) is 0 Å². The number of ether oxygens (including phenoxy) is 4. The zero-order valence-corrected chi connectivity index (χ0v) is 28.1. The molecule has 0 aliphatic carbocycles. The number of hydrogen-bond acceptors (Lipinski definition) is 8. The van der Waals surface area contributed by atoms with E-state index in [1.807, 2.05) is 30.3 Å². The Morgan fingerprint density at radius 3 is 2.02 bits per heavy atom. The minimum Gasteiger partial charge on any atom is -0.497 e. The van der Waals surface area contributed by atoms with Gasteiger partial charge >= 0.3 is 0 Å². The Morgan fingerprint density at radius 1 is 0.771 bits per heavy atom. The van der Waals surface area contributed by atoms with Crippen molar-refractivity contribution in [2.45, 2.75) is 23.9 Å². The maximum absolute atomic E-state index is 14.6. The minimum absolute atomic E-state index is 0.0151. The third kappa shape index (κ3) is 8.15. The second-order valence-corrected chi connectivity index (χ2v) is 12.4. The monoisotopic (exact) mass is 679 g/mol. The molecule has 0 saturated carbocycles. The van der Waals surface area contributed by atoms with Gasteiger partial charge in [0.05, 0.1) is 39.0 Å². The predicted molar refractivity (Wildman–Crippen MR) is 179 cm³/mol. The molecular weight excluding hydrogens is 641 g/mol. The normalized spacial score (nSPS) is 11.6. The van der Waals surface area contributed by atoms with E-state index in [9.17, 15) is 22.4 Å². The largest absolute Gasteiger partial charge is 0.497 e. The van der Waals surface area contributed by atoms with Crippen molar-refractivity contribution >= 4 is 27.5 Å². The zero-order chi connectivity index (χ0) is 34.8. The van der Waals surface area contributed by atoms with Gasteiger partial charge < -0.3 is 29.2 Å². The van der Waals surface area contributed by atoms with Crippen molar-refractivity contribution in [2.24, 2.45) is 0 Å². The van der Waals surface area contributed by atoms with E-state index in [1.54, 1.807) is 6.07 Å². The molecule has 0 radical (unpaired) electrons. The molecule has 4 aromatic carbocycles. The van der Waals surface area contributed by atoms with E-state index in [-0.39, 0.29) is 35.0 Å². The highest BCUT2D eigenvalue weighted by molar-refractivity contribution is 7.92. The van der Waals surface area contributed by atoms with E-state index in [0.29, 0.717) is 17.1 Å². The molecule has 48 heavy (non-hydrogen) atoms. The number of likely N-dealkylation sites (N-methyl/N-ethyl adjacent to an activating group) is 1. The summed E-state index contributed by atoms with van der Waals surface area (Å²) in [5.74, 6) is -0.742. The third-order valence-corrected chi connectivity index (χ3v) is 9.42. The molecular formula is C35H38FN3O8S. The van der Waals surface area contributed by atoms with Crippen LogP contribution in [0.15, 0.2) is 95.9 Å². The van der Waals surface area contributed by atoms with Gasteiger partial charge in [-0.3, -0.25) is 13.9 Å². The van der Waals surface area contributed by atoms with Crippen LogP contribution in [0.5, 0.6) is 23.0 Å². The third-order valence-electron chi connectivity index (χ3n) is 7.66. The first-order valence-electron chi connectivity index (χ1n) is 14.8. The minimum atomic E-state index is -4.52. The van der Waals surface area contributed by atoms with Gasteiger partial charge in [0.1, 0.15) is 29.9 Å². The van der Waals surface area contributed by atoms with Crippen LogP contribution in [0.2, 0.25) is 0 Å². The summed E-state index contributed by atoms with van der Waals surface area (Å²) in [6.07, 6.45) is 0.123. The van der Waals surface area contributed by atoms with Gasteiger partial charge in [-0.15, -0.1) is 0 Å². The van der Waals surface area contributed by atoms with E-state index in [2.05, 4.69) is 5.32 Å². The molecule has 0 heterocycles. The standard InChI is InChI=1S/C35H38FN3O8S/c1-37-35(41)30(19-24-9-7-6-8-10-24)38(22-25-11-13-26(36)14-12-25)34(40)23-39(29-20-27(44-2)15-17-31(29)45-3)48(42,43)28-16-18-32(46-4)33(21-28)47-5/h6-18,20-21,30H,19,22-23H2,1-5H3,(H,37,41). The van der Waals surface area contributed by atoms with Gasteiger partial charge in [-0.1, -0.05) is 42.5 Å². The fraction of sp³-hybridized carbons (Fsp3) is 0.257. The molecule has 254 valence electrons. The van der Waals surface area contributed by atoms with Crippen LogP contribution in [-0.4, -0.2) is 73.2 Å². The van der Waals surface area contributed by atoms with Crippen molar-refractivity contribution in [1.29, 1.82) is 0 Å². The molecule has 0 saturated heterocycles. The Bertz CT molecular complexity index is 1820. The van der Waals surface area contributed by atoms with E-state index < -0.39 is 40.2 Å². The quantitative estimate of drug-likeness (QED) is 0.196. The zero-order valence-electron chi connectivity index (χ0n) is 27.3. The Labute approximate surface area is 279 Å². The van der Waals surface area contributed by atoms with Gasteiger partial charge in [0, 0.05) is 32.1 Å². The molecule has 0 aliphatic heterocycles. The maximum Gasteiger partial charge on any atom is 0.265 e. The molecule has 1 atom stereocenters. The number of hydrogen-bond donors (Lipinski definition) is 1. The van der Waals surface area contributed by atoms with Gasteiger partial charge in [0.15, 0.2) is 11.5 Å². The van der Waals surface area contributed by atoms with Gasteiger partial charge in [-0.25, -0.2) is 12.8 Å². The van der Waals surface area contributed by atoms with Crippen LogP contribution in [0.25, 0.3) is 0 Å². The molecule has 13 heteroatoms. The molecule has 0 bridgehead atoms. The fourth-order valence-corrected chi connectivity index (χ4v) is 6.55. The number of methoxy groups -OCH3 is 4. The van der Waals surface area contributed by atoms with E-state index in [1.165, 1.54) is 95.0 Å². The molecule has 0 aliphatic rings. The van der Waals surface area contributed by atoms with E-state index in [4.69, 9.17) is 18.9 Å². The van der Waals surface area contributed by atoms with E-state index >= 15 is 0 Å². The highest BCUT2D eigenvalue weighted by Gasteiger charge is 2.36. The predicted octanol–water partition coefficient (Wildman–Crippen LogP) is 4.44. The molecule has 4 rings (SSSR count). The van der Waals surface area contributed by atoms with Crippen LogP contribution >= 0.6 is 0 Å². The number of nitrogens with one attached hydrogen (secondary N) is 1. The first-order chi connectivity index (χ1) is 23.1. The number of carbonyl (C=O) groups is 2. The van der Waals surface area contributed by atoms with E-state index in [0.717, 1.165) is 9.87 Å². The average molecular weight is 680 g/mol. The summed E-state index contributed by atoms with van der Waals surface area (Å²) in [7, 11) is 2.52. The number of rotatable bonds is 15. The molecule has 0 spiro atoms. The summed E-state index contributed by atoms with van der Waals surface area (Å²) in [6, 6.07) is 22.2. The Kier molecular flexibility index (Phi) is 11.9. The van der Waals surface area contributed by atoms with Crippen LogP contribution in [0.4, 0.5) is 10.1 Å². The van der Waals surface area contributed by atoms with Crippen molar-refractivity contribution in [2.75, 3.05) is 46.3 Å². The molecule has 1 unspecified atom stereocenters. The topological polar surface area (TPSA) is 124 Å². The molecule has 2 amide bonds. The lowest BCUT2D eigenvalue weighted by atomic mass is 10.0. The highest BCUT2D eigenvalue weighted by atomic mass is 32.2. The Morgan fingerprint density at radius 2 is 1.42 bits per heavy atom. The molecule has 1 N–H and O–H groups in total. The molecule has 0 fully saturated rings. The molecule has 4 aromatic rings. The van der Waals surface area contributed by atoms with Gasteiger partial charge in [0.25, 0.3) is 10.0 Å². The number of anilines is 1. The maximum atomic E-state index is 14.6. The van der Waals surface area contributed by atoms with Crippen LogP contribution < -0.4 is 28.6 Å².